The first kappa shape index (κ1) is 15.3. The van der Waals surface area contributed by atoms with Crippen molar-refractivity contribution in [3.05, 3.63) is 0 Å². The third kappa shape index (κ3) is 4.88. The van der Waals surface area contributed by atoms with Crippen LogP contribution in [0.5, 0.6) is 0 Å². The molecule has 0 radical (unpaired) electrons. The zero-order valence-electron chi connectivity index (χ0n) is 10.3. The minimum absolute atomic E-state index is 0.0528. The number of aliphatic carboxylic acids is 1. The van der Waals surface area contributed by atoms with Crippen molar-refractivity contribution in [2.24, 2.45) is 11.8 Å². The van der Waals surface area contributed by atoms with E-state index in [0.29, 0.717) is 5.75 Å². The Bertz CT molecular complexity index is 245. The molecule has 2 N–H and O–H groups in total. The number of carboxylic acid groups (broad SMARTS) is 1. The largest absolute Gasteiger partial charge is 0.480 e. The Morgan fingerprint density at radius 3 is 2.31 bits per heavy atom. The fraction of sp³-hybridized carbons (Fsp3) is 0.818. The van der Waals surface area contributed by atoms with Crippen molar-refractivity contribution in [2.75, 3.05) is 12.0 Å². The summed E-state index contributed by atoms with van der Waals surface area (Å²) in [7, 11) is 0. The summed E-state index contributed by atoms with van der Waals surface area (Å²) in [4.78, 5) is 22.7. The third-order valence-corrected chi connectivity index (χ3v) is 3.47. The van der Waals surface area contributed by atoms with Crippen molar-refractivity contribution in [1.29, 1.82) is 0 Å². The molecule has 0 spiro atoms. The van der Waals surface area contributed by atoms with Crippen molar-refractivity contribution >= 4 is 23.6 Å². The molecule has 0 aliphatic carbocycles. The number of rotatable bonds is 7. The predicted molar refractivity (Wildman–Crippen MR) is 66.6 cm³/mol. The van der Waals surface area contributed by atoms with Crippen LogP contribution in [0.15, 0.2) is 0 Å². The maximum Gasteiger partial charge on any atom is 0.326 e. The number of carbonyl (C=O) groups is 2. The van der Waals surface area contributed by atoms with Crippen LogP contribution in [0.4, 0.5) is 0 Å². The van der Waals surface area contributed by atoms with Gasteiger partial charge in [-0.1, -0.05) is 27.2 Å². The number of thioether (sulfide) groups is 1. The first-order chi connectivity index (χ1) is 7.43. The molecule has 94 valence electrons. The highest BCUT2D eigenvalue weighted by atomic mass is 32.2. The molecule has 16 heavy (non-hydrogen) atoms. The van der Waals surface area contributed by atoms with Gasteiger partial charge in [-0.15, -0.1) is 0 Å². The number of carboxylic acids is 1. The van der Waals surface area contributed by atoms with Gasteiger partial charge < -0.3 is 10.4 Å². The molecule has 0 saturated heterocycles. The van der Waals surface area contributed by atoms with Gasteiger partial charge in [0.05, 0.1) is 0 Å². The van der Waals surface area contributed by atoms with Crippen LogP contribution in [-0.2, 0) is 9.59 Å². The quantitative estimate of drug-likeness (QED) is 0.717. The zero-order valence-corrected chi connectivity index (χ0v) is 11.1. The molecule has 0 saturated carbocycles. The van der Waals surface area contributed by atoms with Crippen LogP contribution in [-0.4, -0.2) is 35.0 Å². The van der Waals surface area contributed by atoms with E-state index in [4.69, 9.17) is 5.11 Å². The van der Waals surface area contributed by atoms with Gasteiger partial charge >= 0.3 is 5.97 Å². The van der Waals surface area contributed by atoms with Gasteiger partial charge in [0.25, 0.3) is 0 Å². The van der Waals surface area contributed by atoms with Crippen LogP contribution < -0.4 is 5.32 Å². The third-order valence-electron chi connectivity index (χ3n) is 2.64. The Balaban J connectivity index is 4.40. The highest BCUT2D eigenvalue weighted by Crippen LogP contribution is 2.10. The van der Waals surface area contributed by atoms with E-state index < -0.39 is 12.0 Å². The highest BCUT2D eigenvalue weighted by Gasteiger charge is 2.26. The molecule has 0 aromatic carbocycles. The van der Waals surface area contributed by atoms with Gasteiger partial charge in [-0.25, -0.2) is 4.79 Å². The van der Waals surface area contributed by atoms with E-state index in [-0.39, 0.29) is 17.7 Å². The fourth-order valence-electron chi connectivity index (χ4n) is 1.30. The maximum atomic E-state index is 11.7. The topological polar surface area (TPSA) is 66.4 Å². The monoisotopic (exact) mass is 247 g/mol. The van der Waals surface area contributed by atoms with E-state index in [1.165, 1.54) is 0 Å². The minimum atomic E-state index is -0.959. The van der Waals surface area contributed by atoms with Crippen molar-refractivity contribution < 1.29 is 14.7 Å². The van der Waals surface area contributed by atoms with E-state index in [0.717, 1.165) is 6.42 Å². The number of hydrogen-bond acceptors (Lipinski definition) is 3. The van der Waals surface area contributed by atoms with E-state index in [1.54, 1.807) is 18.7 Å². The Morgan fingerprint density at radius 1 is 1.38 bits per heavy atom. The molecule has 0 aliphatic heterocycles. The Morgan fingerprint density at radius 2 is 1.94 bits per heavy atom. The van der Waals surface area contributed by atoms with Gasteiger partial charge in [0.15, 0.2) is 0 Å². The Hall–Kier alpha value is -0.710. The fourth-order valence-corrected chi connectivity index (χ4v) is 1.96. The maximum absolute atomic E-state index is 11.7. The van der Waals surface area contributed by atoms with Crippen molar-refractivity contribution in [3.63, 3.8) is 0 Å². The normalized spacial score (nSPS) is 16.2. The van der Waals surface area contributed by atoms with Crippen LogP contribution >= 0.6 is 11.8 Å². The summed E-state index contributed by atoms with van der Waals surface area (Å²) < 4.78 is 0. The van der Waals surface area contributed by atoms with E-state index >= 15 is 0 Å². The first-order valence-electron chi connectivity index (χ1n) is 5.46. The lowest BCUT2D eigenvalue weighted by Gasteiger charge is -2.21. The second-order valence-corrected chi connectivity index (χ2v) is 4.98. The number of hydrogen-bond donors (Lipinski definition) is 2. The smallest absolute Gasteiger partial charge is 0.326 e. The molecule has 3 atom stereocenters. The second kappa shape index (κ2) is 7.54. The molecule has 0 aromatic rings. The summed E-state index contributed by atoms with van der Waals surface area (Å²) in [5.74, 6) is -0.636. The predicted octanol–water partition coefficient (Wildman–Crippen LogP) is 1.60. The van der Waals surface area contributed by atoms with E-state index in [1.807, 2.05) is 20.1 Å². The number of carbonyl (C=O) groups excluding carboxylic acids is 1. The number of amides is 1. The molecular weight excluding hydrogens is 226 g/mol. The summed E-state index contributed by atoms with van der Waals surface area (Å²) in [6.45, 7) is 5.55. The van der Waals surface area contributed by atoms with Crippen molar-refractivity contribution in [3.8, 4) is 0 Å². The lowest BCUT2D eigenvalue weighted by Crippen LogP contribution is -2.47. The molecule has 4 nitrogen and oxygen atoms in total. The lowest BCUT2D eigenvalue weighted by molar-refractivity contribution is -0.143. The summed E-state index contributed by atoms with van der Waals surface area (Å²) in [5, 5.41) is 11.6. The summed E-state index contributed by atoms with van der Waals surface area (Å²) >= 11 is 1.58. The van der Waals surface area contributed by atoms with Gasteiger partial charge in [-0.3, -0.25) is 4.79 Å². The molecule has 0 bridgehead atoms. The van der Waals surface area contributed by atoms with Gasteiger partial charge in [0.1, 0.15) is 6.04 Å². The Labute approximate surface area is 101 Å². The average Bonchev–Trinajstić information content (AvgIpc) is 2.24. The summed E-state index contributed by atoms with van der Waals surface area (Å²) in [5.41, 5.74) is 0. The van der Waals surface area contributed by atoms with Gasteiger partial charge in [0, 0.05) is 11.7 Å². The van der Waals surface area contributed by atoms with Crippen LogP contribution in [0.3, 0.4) is 0 Å². The number of nitrogens with one attached hydrogen (secondary N) is 1. The standard InChI is InChI=1S/C11H21NO3S/c1-5-7(2)9(11(14)15)12-10(13)8(3)6-16-4/h7-9H,5-6H2,1-4H3,(H,12,13)(H,14,15)/t7-,8?,9-/m0/s1. The van der Waals surface area contributed by atoms with Crippen molar-refractivity contribution in [1.82, 2.24) is 5.32 Å². The lowest BCUT2D eigenvalue weighted by atomic mass is 9.98. The van der Waals surface area contributed by atoms with E-state index in [9.17, 15) is 9.59 Å². The molecule has 0 aliphatic rings. The molecule has 0 rings (SSSR count). The average molecular weight is 247 g/mol. The molecule has 1 amide bonds. The van der Waals surface area contributed by atoms with Gasteiger partial charge in [-0.05, 0) is 12.2 Å². The van der Waals surface area contributed by atoms with Crippen molar-refractivity contribution in [2.45, 2.75) is 33.2 Å². The van der Waals surface area contributed by atoms with Crippen LogP contribution in [0.1, 0.15) is 27.2 Å². The SMILES string of the molecule is CC[C@H](C)[C@H](NC(=O)C(C)CSC)C(=O)O. The molecule has 5 heteroatoms. The molecule has 0 heterocycles. The van der Waals surface area contributed by atoms with Crippen LogP contribution in [0, 0.1) is 11.8 Å². The molecule has 0 fully saturated rings. The van der Waals surface area contributed by atoms with Crippen LogP contribution in [0.2, 0.25) is 0 Å². The van der Waals surface area contributed by atoms with Gasteiger partial charge in [0.2, 0.25) is 5.91 Å². The molecular formula is C11H21NO3S. The Kier molecular flexibility index (Phi) is 7.21. The first-order valence-corrected chi connectivity index (χ1v) is 6.85. The minimum Gasteiger partial charge on any atom is -0.480 e. The summed E-state index contributed by atoms with van der Waals surface area (Å²) in [6.07, 6.45) is 2.65. The highest BCUT2D eigenvalue weighted by molar-refractivity contribution is 7.98. The van der Waals surface area contributed by atoms with Crippen LogP contribution in [0.25, 0.3) is 0 Å². The molecule has 0 aromatic heterocycles. The molecule has 1 unspecified atom stereocenters. The second-order valence-electron chi connectivity index (χ2n) is 4.07. The van der Waals surface area contributed by atoms with Gasteiger partial charge in [-0.2, -0.15) is 11.8 Å². The zero-order chi connectivity index (χ0) is 12.7. The summed E-state index contributed by atoms with van der Waals surface area (Å²) in [6, 6.07) is -0.776. The van der Waals surface area contributed by atoms with E-state index in [2.05, 4.69) is 5.32 Å².